The maximum atomic E-state index is 13.5. The number of hydrogen-bond donors (Lipinski definition) is 1. The van der Waals surface area contributed by atoms with Gasteiger partial charge in [-0.25, -0.2) is 27.2 Å². The van der Waals surface area contributed by atoms with Crippen molar-refractivity contribution in [3.05, 3.63) is 71.5 Å². The van der Waals surface area contributed by atoms with Crippen LogP contribution in [0.25, 0.3) is 22.2 Å². The Kier molecular flexibility index (Phi) is 7.39. The Morgan fingerprint density at radius 2 is 1.82 bits per heavy atom. The first-order valence-corrected chi connectivity index (χ1v) is 14.9. The standard InChI is InChI=1S/C28H30BrN5O4S/c1-28(2,3)38-27(35)33-15-9-10-19(17-33)31-26-30-16-23(29)25(32-26)22-18-34(24-14-8-7-13-21(22)24)39(36,37)20-11-5-4-6-12-20/h4-8,11-14,16,18-19H,9-10,15,17H2,1-3H3,(H,30,31,32)/t19-/m1/s1. The molecule has 4 aromatic rings. The molecule has 2 aromatic heterocycles. The molecule has 1 amide bonds. The molecule has 39 heavy (non-hydrogen) atoms. The van der Waals surface area contributed by atoms with Crippen molar-refractivity contribution in [1.82, 2.24) is 18.8 Å². The Labute approximate surface area is 236 Å². The lowest BCUT2D eigenvalue weighted by Crippen LogP contribution is -2.47. The summed E-state index contributed by atoms with van der Waals surface area (Å²) in [6.07, 6.45) is 4.60. The van der Waals surface area contributed by atoms with Crippen molar-refractivity contribution < 1.29 is 17.9 Å². The van der Waals surface area contributed by atoms with E-state index in [1.807, 2.05) is 39.0 Å². The summed E-state index contributed by atoms with van der Waals surface area (Å²) in [5, 5.41) is 4.11. The number of benzene rings is 2. The number of anilines is 1. The first-order valence-electron chi connectivity index (χ1n) is 12.7. The Bertz CT molecular complexity index is 1620. The molecule has 0 unspecified atom stereocenters. The van der Waals surface area contributed by atoms with Crippen LogP contribution in [0.2, 0.25) is 0 Å². The van der Waals surface area contributed by atoms with Crippen LogP contribution in [0.5, 0.6) is 0 Å². The van der Waals surface area contributed by atoms with Gasteiger partial charge < -0.3 is 15.0 Å². The second-order valence-corrected chi connectivity index (χ2v) is 13.1. The van der Waals surface area contributed by atoms with Gasteiger partial charge in [-0.1, -0.05) is 36.4 Å². The van der Waals surface area contributed by atoms with E-state index in [-0.39, 0.29) is 17.0 Å². The van der Waals surface area contributed by atoms with E-state index in [4.69, 9.17) is 9.72 Å². The third-order valence-corrected chi connectivity index (χ3v) is 8.65. The molecule has 0 radical (unpaired) electrons. The highest BCUT2D eigenvalue weighted by Crippen LogP contribution is 2.36. The minimum Gasteiger partial charge on any atom is -0.444 e. The number of nitrogens with one attached hydrogen (secondary N) is 1. The third-order valence-electron chi connectivity index (χ3n) is 6.38. The number of carbonyl (C=O) groups excluding carboxylic acids is 1. The molecule has 11 heteroatoms. The normalized spacial score (nSPS) is 16.3. The zero-order valence-electron chi connectivity index (χ0n) is 22.0. The van der Waals surface area contributed by atoms with Crippen LogP contribution in [0.4, 0.5) is 10.7 Å². The van der Waals surface area contributed by atoms with Gasteiger partial charge >= 0.3 is 6.09 Å². The predicted molar refractivity (Wildman–Crippen MR) is 154 cm³/mol. The highest BCUT2D eigenvalue weighted by molar-refractivity contribution is 9.10. The second kappa shape index (κ2) is 10.6. The minimum atomic E-state index is -3.83. The van der Waals surface area contributed by atoms with Gasteiger partial charge in [-0.05, 0) is 67.7 Å². The minimum absolute atomic E-state index is 0.0555. The molecule has 1 saturated heterocycles. The second-order valence-electron chi connectivity index (χ2n) is 10.5. The number of aromatic nitrogens is 3. The van der Waals surface area contributed by atoms with Crippen LogP contribution in [0.3, 0.4) is 0 Å². The number of likely N-dealkylation sites (tertiary alicyclic amines) is 1. The van der Waals surface area contributed by atoms with E-state index in [2.05, 4.69) is 26.2 Å². The summed E-state index contributed by atoms with van der Waals surface area (Å²) in [6, 6.07) is 15.6. The van der Waals surface area contributed by atoms with E-state index in [0.717, 1.165) is 18.2 Å². The number of rotatable bonds is 5. The van der Waals surface area contributed by atoms with Gasteiger partial charge in [0.25, 0.3) is 10.0 Å². The molecule has 0 aliphatic carbocycles. The van der Waals surface area contributed by atoms with Crippen molar-refractivity contribution in [2.45, 2.75) is 50.2 Å². The molecule has 204 valence electrons. The van der Waals surface area contributed by atoms with Crippen LogP contribution in [0.1, 0.15) is 33.6 Å². The van der Waals surface area contributed by atoms with E-state index in [9.17, 15) is 13.2 Å². The molecule has 0 spiro atoms. The van der Waals surface area contributed by atoms with Gasteiger partial charge in [0, 0.05) is 42.5 Å². The van der Waals surface area contributed by atoms with Gasteiger partial charge in [0.15, 0.2) is 0 Å². The van der Waals surface area contributed by atoms with E-state index >= 15 is 0 Å². The van der Waals surface area contributed by atoms with Crippen LogP contribution in [0.15, 0.2) is 76.4 Å². The summed E-state index contributed by atoms with van der Waals surface area (Å²) in [4.78, 5) is 23.7. The quantitative estimate of drug-likeness (QED) is 0.299. The smallest absolute Gasteiger partial charge is 0.410 e. The molecule has 2 aromatic carbocycles. The Morgan fingerprint density at radius 3 is 2.56 bits per heavy atom. The number of hydrogen-bond acceptors (Lipinski definition) is 7. The van der Waals surface area contributed by atoms with Gasteiger partial charge in [0.1, 0.15) is 5.60 Å². The van der Waals surface area contributed by atoms with Gasteiger partial charge in [0.2, 0.25) is 5.95 Å². The van der Waals surface area contributed by atoms with Crippen molar-refractivity contribution >= 4 is 48.9 Å². The summed E-state index contributed by atoms with van der Waals surface area (Å²) >= 11 is 3.56. The lowest BCUT2D eigenvalue weighted by molar-refractivity contribution is 0.0206. The maximum absolute atomic E-state index is 13.5. The fraction of sp³-hybridized carbons (Fsp3) is 0.321. The van der Waals surface area contributed by atoms with Crippen LogP contribution < -0.4 is 5.32 Å². The fourth-order valence-corrected chi connectivity index (χ4v) is 6.43. The van der Waals surface area contributed by atoms with E-state index in [1.54, 1.807) is 53.7 Å². The molecule has 3 heterocycles. The van der Waals surface area contributed by atoms with Crippen molar-refractivity contribution in [3.63, 3.8) is 0 Å². The summed E-state index contributed by atoms with van der Waals surface area (Å²) in [5.41, 5.74) is 1.21. The van der Waals surface area contributed by atoms with E-state index in [1.165, 1.54) is 3.97 Å². The molecule has 0 saturated carbocycles. The Morgan fingerprint density at radius 1 is 1.10 bits per heavy atom. The molecule has 9 nitrogen and oxygen atoms in total. The number of para-hydroxylation sites is 1. The Balaban J connectivity index is 1.46. The SMILES string of the molecule is CC(C)(C)OC(=O)N1CCC[C@@H](Nc2ncc(Br)c(-c3cn(S(=O)(=O)c4ccccc4)c4ccccc34)n2)C1. The molecule has 5 rings (SSSR count). The van der Waals surface area contributed by atoms with Crippen molar-refractivity contribution in [1.29, 1.82) is 0 Å². The van der Waals surface area contributed by atoms with Crippen molar-refractivity contribution in [2.24, 2.45) is 0 Å². The number of piperidine rings is 1. The first kappa shape index (κ1) is 27.1. The zero-order valence-corrected chi connectivity index (χ0v) is 24.4. The average Bonchev–Trinajstić information content (AvgIpc) is 3.30. The van der Waals surface area contributed by atoms with Crippen LogP contribution in [-0.4, -0.2) is 58.1 Å². The van der Waals surface area contributed by atoms with Gasteiger partial charge in [-0.15, -0.1) is 0 Å². The highest BCUT2D eigenvalue weighted by atomic mass is 79.9. The number of halogens is 1. The maximum Gasteiger partial charge on any atom is 0.410 e. The third kappa shape index (κ3) is 5.79. The lowest BCUT2D eigenvalue weighted by atomic mass is 10.1. The lowest BCUT2D eigenvalue weighted by Gasteiger charge is -2.34. The van der Waals surface area contributed by atoms with Crippen molar-refractivity contribution in [2.75, 3.05) is 18.4 Å². The molecule has 1 aliphatic rings. The molecular weight excluding hydrogens is 582 g/mol. The number of carbonyl (C=O) groups is 1. The van der Waals surface area contributed by atoms with Crippen LogP contribution in [0, 0.1) is 0 Å². The number of amides is 1. The van der Waals surface area contributed by atoms with Gasteiger partial charge in [-0.3, -0.25) is 0 Å². The first-order chi connectivity index (χ1) is 18.5. The average molecular weight is 613 g/mol. The van der Waals surface area contributed by atoms with Gasteiger partial charge in [-0.2, -0.15) is 0 Å². The summed E-state index contributed by atoms with van der Waals surface area (Å²) in [7, 11) is -3.83. The summed E-state index contributed by atoms with van der Waals surface area (Å²) in [5.74, 6) is 0.395. The topological polar surface area (TPSA) is 106 Å². The zero-order chi connectivity index (χ0) is 27.8. The fourth-order valence-electron chi connectivity index (χ4n) is 4.64. The number of ether oxygens (including phenoxy) is 1. The molecule has 1 atom stereocenters. The monoisotopic (exact) mass is 611 g/mol. The predicted octanol–water partition coefficient (Wildman–Crippen LogP) is 5.91. The van der Waals surface area contributed by atoms with Crippen LogP contribution in [-0.2, 0) is 14.8 Å². The molecule has 1 fully saturated rings. The highest BCUT2D eigenvalue weighted by Gasteiger charge is 2.28. The summed E-state index contributed by atoms with van der Waals surface area (Å²) < 4.78 is 34.6. The summed E-state index contributed by atoms with van der Waals surface area (Å²) in [6.45, 7) is 6.66. The van der Waals surface area contributed by atoms with Crippen LogP contribution >= 0.6 is 15.9 Å². The van der Waals surface area contributed by atoms with E-state index in [0.29, 0.717) is 40.3 Å². The Hall–Kier alpha value is -3.44. The van der Waals surface area contributed by atoms with Crippen molar-refractivity contribution in [3.8, 4) is 11.3 Å². The van der Waals surface area contributed by atoms with E-state index < -0.39 is 15.6 Å². The number of nitrogens with zero attached hydrogens (tertiary/aromatic N) is 4. The number of fused-ring (bicyclic) bond motifs is 1. The molecular formula is C28H30BrN5O4S. The molecule has 1 N–H and O–H groups in total. The molecule has 1 aliphatic heterocycles. The van der Waals surface area contributed by atoms with Gasteiger partial charge in [0.05, 0.1) is 20.6 Å². The molecule has 0 bridgehead atoms. The largest absolute Gasteiger partial charge is 0.444 e.